The molecular formula is C9H15IN2S. The molecule has 0 fully saturated rings. The van der Waals surface area contributed by atoms with Crippen LogP contribution in [0.3, 0.4) is 0 Å². The molecule has 0 saturated carbocycles. The monoisotopic (exact) mass is 310 g/mol. The van der Waals surface area contributed by atoms with E-state index in [2.05, 4.69) is 38.3 Å². The fourth-order valence-corrected chi connectivity index (χ4v) is 2.20. The second kappa shape index (κ2) is 6.73. The normalized spacial score (nSPS) is 10.6. The zero-order chi connectivity index (χ0) is 9.52. The first kappa shape index (κ1) is 11.4. The van der Waals surface area contributed by atoms with Crippen molar-refractivity contribution in [1.82, 2.24) is 10.3 Å². The fraction of sp³-hybridized carbons (Fsp3) is 0.667. The van der Waals surface area contributed by atoms with Gasteiger partial charge in [-0.25, -0.2) is 4.98 Å². The van der Waals surface area contributed by atoms with Gasteiger partial charge in [0, 0.05) is 11.9 Å². The topological polar surface area (TPSA) is 24.9 Å². The lowest BCUT2D eigenvalue weighted by atomic mass is 10.3. The molecule has 0 aliphatic carbocycles. The summed E-state index contributed by atoms with van der Waals surface area (Å²) >= 11 is 4.14. The number of aryl methyl sites for hydroxylation is 1. The summed E-state index contributed by atoms with van der Waals surface area (Å²) in [7, 11) is 0. The number of aromatic nitrogens is 1. The molecule has 0 amide bonds. The van der Waals surface area contributed by atoms with Gasteiger partial charge in [-0.3, -0.25) is 0 Å². The van der Waals surface area contributed by atoms with Crippen molar-refractivity contribution in [2.75, 3.05) is 11.0 Å². The molecule has 4 heteroatoms. The zero-order valence-corrected chi connectivity index (χ0v) is 10.8. The van der Waals surface area contributed by atoms with Crippen LogP contribution >= 0.6 is 33.9 Å². The van der Waals surface area contributed by atoms with Gasteiger partial charge in [0.2, 0.25) is 0 Å². The summed E-state index contributed by atoms with van der Waals surface area (Å²) in [5, 5.41) is 6.67. The Kier molecular flexibility index (Phi) is 5.90. The quantitative estimate of drug-likeness (QED) is 0.496. The Morgan fingerprint density at radius 3 is 3.00 bits per heavy atom. The minimum Gasteiger partial charge on any atom is -0.311 e. The molecule has 0 spiro atoms. The van der Waals surface area contributed by atoms with Gasteiger partial charge in [-0.15, -0.1) is 11.3 Å². The van der Waals surface area contributed by atoms with Gasteiger partial charge < -0.3 is 5.32 Å². The Morgan fingerprint density at radius 2 is 2.38 bits per heavy atom. The fourth-order valence-electron chi connectivity index (χ4n) is 1.05. The molecule has 1 aromatic heterocycles. The van der Waals surface area contributed by atoms with Crippen molar-refractivity contribution in [3.63, 3.8) is 0 Å². The van der Waals surface area contributed by atoms with Crippen LogP contribution in [-0.4, -0.2) is 16.0 Å². The summed E-state index contributed by atoms with van der Waals surface area (Å²) in [6.45, 7) is 4.08. The van der Waals surface area contributed by atoms with Crippen LogP contribution in [0.5, 0.6) is 0 Å². The maximum absolute atomic E-state index is 4.38. The number of nitrogens with zero attached hydrogens (tertiary/aromatic N) is 1. The van der Waals surface area contributed by atoms with Crippen LogP contribution in [0.25, 0.3) is 0 Å². The lowest BCUT2D eigenvalue weighted by molar-refractivity contribution is 0.638. The lowest BCUT2D eigenvalue weighted by Gasteiger charge is -2.00. The molecule has 0 aliphatic heterocycles. The molecule has 1 rings (SSSR count). The second-order valence-corrected chi connectivity index (χ2v) is 5.07. The molecule has 1 aromatic rings. The van der Waals surface area contributed by atoms with Crippen molar-refractivity contribution >= 4 is 33.9 Å². The predicted molar refractivity (Wildman–Crippen MR) is 66.7 cm³/mol. The van der Waals surface area contributed by atoms with Crippen molar-refractivity contribution < 1.29 is 0 Å². The number of thiazole rings is 1. The van der Waals surface area contributed by atoms with Crippen LogP contribution in [-0.2, 0) is 6.54 Å². The highest BCUT2D eigenvalue weighted by molar-refractivity contribution is 14.1. The number of rotatable bonds is 6. The summed E-state index contributed by atoms with van der Waals surface area (Å²) in [6.07, 6.45) is 2.58. The zero-order valence-electron chi connectivity index (χ0n) is 7.85. The maximum Gasteiger partial charge on any atom is 0.0897 e. The van der Waals surface area contributed by atoms with E-state index in [0.29, 0.717) is 0 Å². The summed E-state index contributed by atoms with van der Waals surface area (Å²) in [6, 6.07) is 0. The number of halogens is 1. The SMILES string of the molecule is Cc1nc(CNCCCCI)cs1. The number of nitrogens with one attached hydrogen (secondary N) is 1. The number of hydrogen-bond donors (Lipinski definition) is 1. The van der Waals surface area contributed by atoms with E-state index in [4.69, 9.17) is 0 Å². The predicted octanol–water partition coefficient (Wildman–Crippen LogP) is 2.76. The molecule has 74 valence electrons. The van der Waals surface area contributed by atoms with Crippen molar-refractivity contribution in [1.29, 1.82) is 0 Å². The Hall–Kier alpha value is 0.320. The standard InChI is InChI=1S/C9H15IN2S/c1-8-12-9(7-13-8)6-11-5-3-2-4-10/h7,11H,2-6H2,1H3. The van der Waals surface area contributed by atoms with Crippen molar-refractivity contribution in [3.05, 3.63) is 16.1 Å². The molecule has 1 N–H and O–H groups in total. The minimum atomic E-state index is 0.922. The van der Waals surface area contributed by atoms with Crippen LogP contribution in [0.1, 0.15) is 23.5 Å². The van der Waals surface area contributed by atoms with E-state index >= 15 is 0 Å². The van der Waals surface area contributed by atoms with Crippen molar-refractivity contribution in [2.45, 2.75) is 26.3 Å². The van der Waals surface area contributed by atoms with Crippen LogP contribution in [0.2, 0.25) is 0 Å². The second-order valence-electron chi connectivity index (χ2n) is 2.93. The van der Waals surface area contributed by atoms with E-state index in [9.17, 15) is 0 Å². The number of hydrogen-bond acceptors (Lipinski definition) is 3. The smallest absolute Gasteiger partial charge is 0.0897 e. The van der Waals surface area contributed by atoms with Gasteiger partial charge in [0.25, 0.3) is 0 Å². The highest BCUT2D eigenvalue weighted by atomic mass is 127. The number of unbranched alkanes of at least 4 members (excludes halogenated alkanes) is 1. The Labute approximate surface area is 97.3 Å². The molecule has 0 saturated heterocycles. The number of alkyl halides is 1. The van der Waals surface area contributed by atoms with Gasteiger partial charge in [0.1, 0.15) is 0 Å². The van der Waals surface area contributed by atoms with Gasteiger partial charge in [-0.05, 0) is 30.7 Å². The third-order valence-electron chi connectivity index (χ3n) is 1.71. The molecule has 0 radical (unpaired) electrons. The van der Waals surface area contributed by atoms with Crippen LogP contribution in [0.4, 0.5) is 0 Å². The molecule has 0 aliphatic rings. The molecular weight excluding hydrogens is 295 g/mol. The Morgan fingerprint density at radius 1 is 1.54 bits per heavy atom. The maximum atomic E-state index is 4.38. The van der Waals surface area contributed by atoms with Gasteiger partial charge in [0.15, 0.2) is 0 Å². The van der Waals surface area contributed by atoms with E-state index in [1.807, 2.05) is 6.92 Å². The Balaban J connectivity index is 2.06. The summed E-state index contributed by atoms with van der Waals surface area (Å²) in [5.74, 6) is 0. The third kappa shape index (κ3) is 4.93. The van der Waals surface area contributed by atoms with E-state index in [-0.39, 0.29) is 0 Å². The highest BCUT2D eigenvalue weighted by Gasteiger charge is 1.96. The van der Waals surface area contributed by atoms with Crippen molar-refractivity contribution in [2.24, 2.45) is 0 Å². The first-order valence-corrected chi connectivity index (χ1v) is 6.91. The highest BCUT2D eigenvalue weighted by Crippen LogP contribution is 2.07. The largest absolute Gasteiger partial charge is 0.311 e. The first-order chi connectivity index (χ1) is 6.33. The first-order valence-electron chi connectivity index (χ1n) is 4.50. The average molecular weight is 310 g/mol. The van der Waals surface area contributed by atoms with Gasteiger partial charge >= 0.3 is 0 Å². The summed E-state index contributed by atoms with van der Waals surface area (Å²) in [4.78, 5) is 4.38. The molecule has 0 unspecified atom stereocenters. The third-order valence-corrected chi connectivity index (χ3v) is 3.29. The van der Waals surface area contributed by atoms with E-state index in [1.165, 1.54) is 23.0 Å². The molecule has 0 atom stereocenters. The minimum absolute atomic E-state index is 0.922. The summed E-state index contributed by atoms with van der Waals surface area (Å²) < 4.78 is 1.26. The molecule has 0 aromatic carbocycles. The van der Waals surface area contributed by atoms with Gasteiger partial charge in [-0.2, -0.15) is 0 Å². The molecule has 0 bridgehead atoms. The van der Waals surface area contributed by atoms with E-state index in [1.54, 1.807) is 11.3 Å². The van der Waals surface area contributed by atoms with Crippen LogP contribution in [0.15, 0.2) is 5.38 Å². The average Bonchev–Trinajstić information content (AvgIpc) is 2.51. The molecule has 2 nitrogen and oxygen atoms in total. The molecule has 1 heterocycles. The van der Waals surface area contributed by atoms with Crippen molar-refractivity contribution in [3.8, 4) is 0 Å². The Bertz CT molecular complexity index is 237. The van der Waals surface area contributed by atoms with Crippen LogP contribution in [0, 0.1) is 6.92 Å². The molecule has 13 heavy (non-hydrogen) atoms. The van der Waals surface area contributed by atoms with Gasteiger partial charge in [-0.1, -0.05) is 22.6 Å². The van der Waals surface area contributed by atoms with Crippen LogP contribution < -0.4 is 5.32 Å². The lowest BCUT2D eigenvalue weighted by Crippen LogP contribution is -2.14. The van der Waals surface area contributed by atoms with Gasteiger partial charge in [0.05, 0.1) is 10.7 Å². The van der Waals surface area contributed by atoms with E-state index in [0.717, 1.165) is 18.1 Å². The van der Waals surface area contributed by atoms with E-state index < -0.39 is 0 Å². The summed E-state index contributed by atoms with van der Waals surface area (Å²) in [5.41, 5.74) is 1.18.